The summed E-state index contributed by atoms with van der Waals surface area (Å²) in [6, 6.07) is 7.35. The number of anilines is 1. The van der Waals surface area contributed by atoms with Crippen LogP contribution >= 0.6 is 11.8 Å². The number of nitrogens with one attached hydrogen (secondary N) is 1. The maximum absolute atomic E-state index is 8.92. The summed E-state index contributed by atoms with van der Waals surface area (Å²) in [7, 11) is 0. The number of rotatable bonds is 2. The first-order valence-corrected chi connectivity index (χ1v) is 5.08. The molecule has 0 saturated heterocycles. The molecule has 2 aromatic rings. The Morgan fingerprint density at radius 3 is 3.00 bits per heavy atom. The van der Waals surface area contributed by atoms with Crippen LogP contribution in [0.25, 0.3) is 0 Å². The number of hydrogen-bond acceptors (Lipinski definition) is 4. The van der Waals surface area contributed by atoms with Gasteiger partial charge < -0.3 is 10.7 Å². The molecule has 1 aromatic heterocycles. The van der Waals surface area contributed by atoms with E-state index < -0.39 is 0 Å². The van der Waals surface area contributed by atoms with Crippen molar-refractivity contribution in [2.75, 3.05) is 5.73 Å². The van der Waals surface area contributed by atoms with Gasteiger partial charge in [0.05, 0.1) is 5.56 Å². The number of aromatic amines is 1. The summed E-state index contributed by atoms with van der Waals surface area (Å²) in [4.78, 5) is 7.89. The van der Waals surface area contributed by atoms with E-state index in [-0.39, 0.29) is 0 Å². The van der Waals surface area contributed by atoms with Crippen molar-refractivity contribution in [3.8, 4) is 6.07 Å². The van der Waals surface area contributed by atoms with Gasteiger partial charge in [-0.25, -0.2) is 4.98 Å². The van der Waals surface area contributed by atoms with Gasteiger partial charge in [-0.1, -0.05) is 11.8 Å². The second-order valence-corrected chi connectivity index (χ2v) is 3.89. The van der Waals surface area contributed by atoms with Crippen molar-refractivity contribution < 1.29 is 0 Å². The highest BCUT2D eigenvalue weighted by Gasteiger charge is 2.05. The molecule has 0 spiro atoms. The molecular formula is C10H8N4S. The van der Waals surface area contributed by atoms with Gasteiger partial charge in [-0.3, -0.25) is 0 Å². The summed E-state index contributed by atoms with van der Waals surface area (Å²) in [5, 5.41) is 9.68. The Bertz CT molecular complexity index is 499. The third-order valence-electron chi connectivity index (χ3n) is 1.80. The molecule has 2 rings (SSSR count). The number of benzene rings is 1. The molecule has 0 aliphatic carbocycles. The standard InChI is InChI=1S/C10H8N4S/c11-6-7-5-8(12)1-2-9(7)15-10-13-3-4-14-10/h1-5H,12H2,(H,13,14). The maximum atomic E-state index is 8.92. The van der Waals surface area contributed by atoms with E-state index in [1.165, 1.54) is 11.8 Å². The average molecular weight is 216 g/mol. The van der Waals surface area contributed by atoms with Crippen LogP contribution in [0.2, 0.25) is 0 Å². The number of hydrogen-bond donors (Lipinski definition) is 2. The van der Waals surface area contributed by atoms with Gasteiger partial charge in [0, 0.05) is 23.0 Å². The van der Waals surface area contributed by atoms with Crippen molar-refractivity contribution in [1.29, 1.82) is 5.26 Å². The molecule has 0 fully saturated rings. The van der Waals surface area contributed by atoms with Crippen molar-refractivity contribution >= 4 is 17.4 Å². The Kier molecular flexibility index (Phi) is 2.61. The molecule has 1 heterocycles. The molecule has 15 heavy (non-hydrogen) atoms. The topological polar surface area (TPSA) is 78.5 Å². The van der Waals surface area contributed by atoms with Crippen LogP contribution in [0.3, 0.4) is 0 Å². The van der Waals surface area contributed by atoms with Gasteiger partial charge in [-0.15, -0.1) is 0 Å². The molecule has 0 unspecified atom stereocenters. The fourth-order valence-electron chi connectivity index (χ4n) is 1.13. The molecule has 3 N–H and O–H groups in total. The molecule has 0 aliphatic rings. The lowest BCUT2D eigenvalue weighted by Gasteiger charge is -2.01. The van der Waals surface area contributed by atoms with Gasteiger partial charge in [0.25, 0.3) is 0 Å². The largest absolute Gasteiger partial charge is 0.399 e. The minimum atomic E-state index is 0.566. The summed E-state index contributed by atoms with van der Waals surface area (Å²) in [5.41, 5.74) is 6.75. The van der Waals surface area contributed by atoms with E-state index in [2.05, 4.69) is 16.0 Å². The van der Waals surface area contributed by atoms with Crippen LogP contribution in [0.15, 0.2) is 40.6 Å². The SMILES string of the molecule is N#Cc1cc(N)ccc1Sc1ncc[nH]1. The number of H-pyrrole nitrogens is 1. The smallest absolute Gasteiger partial charge is 0.170 e. The predicted molar refractivity (Wildman–Crippen MR) is 58.3 cm³/mol. The second kappa shape index (κ2) is 4.07. The lowest BCUT2D eigenvalue weighted by Crippen LogP contribution is -1.88. The van der Waals surface area contributed by atoms with E-state index in [1.54, 1.807) is 24.5 Å². The van der Waals surface area contributed by atoms with E-state index in [0.29, 0.717) is 11.3 Å². The lowest BCUT2D eigenvalue weighted by molar-refractivity contribution is 1.06. The van der Waals surface area contributed by atoms with Gasteiger partial charge in [0.1, 0.15) is 6.07 Å². The zero-order chi connectivity index (χ0) is 10.7. The van der Waals surface area contributed by atoms with Gasteiger partial charge in [-0.2, -0.15) is 5.26 Å². The first-order chi connectivity index (χ1) is 7.29. The highest BCUT2D eigenvalue weighted by molar-refractivity contribution is 7.99. The van der Waals surface area contributed by atoms with Gasteiger partial charge >= 0.3 is 0 Å². The molecule has 1 aromatic carbocycles. The van der Waals surface area contributed by atoms with Crippen LogP contribution in [0.4, 0.5) is 5.69 Å². The number of imidazole rings is 1. The van der Waals surface area contributed by atoms with Crippen LogP contribution in [-0.2, 0) is 0 Å². The zero-order valence-corrected chi connectivity index (χ0v) is 8.58. The normalized spacial score (nSPS) is 9.80. The van der Waals surface area contributed by atoms with Gasteiger partial charge in [0.2, 0.25) is 0 Å². The monoisotopic (exact) mass is 216 g/mol. The van der Waals surface area contributed by atoms with Crippen LogP contribution in [0.5, 0.6) is 0 Å². The molecule has 0 saturated carbocycles. The number of nitrogen functional groups attached to an aromatic ring is 1. The van der Waals surface area contributed by atoms with Crippen molar-refractivity contribution in [3.05, 3.63) is 36.2 Å². The van der Waals surface area contributed by atoms with Crippen LogP contribution in [0.1, 0.15) is 5.56 Å². The van der Waals surface area contributed by atoms with E-state index in [1.807, 2.05) is 6.07 Å². The predicted octanol–water partition coefficient (Wildman–Crippen LogP) is 2.01. The highest BCUT2D eigenvalue weighted by atomic mass is 32.2. The molecule has 4 nitrogen and oxygen atoms in total. The van der Waals surface area contributed by atoms with E-state index >= 15 is 0 Å². The average Bonchev–Trinajstić information content (AvgIpc) is 2.73. The van der Waals surface area contributed by atoms with Gasteiger partial charge in [0.15, 0.2) is 5.16 Å². The van der Waals surface area contributed by atoms with E-state index in [9.17, 15) is 0 Å². The summed E-state index contributed by atoms with van der Waals surface area (Å²) in [6.07, 6.45) is 3.41. The number of nitriles is 1. The Morgan fingerprint density at radius 2 is 2.33 bits per heavy atom. The Balaban J connectivity index is 2.33. The fourth-order valence-corrected chi connectivity index (χ4v) is 1.93. The molecule has 0 amide bonds. The summed E-state index contributed by atoms with van der Waals surface area (Å²) < 4.78 is 0. The highest BCUT2D eigenvalue weighted by Crippen LogP contribution is 2.28. The summed E-state index contributed by atoms with van der Waals surface area (Å²) in [5.74, 6) is 0. The van der Waals surface area contributed by atoms with Crippen molar-refractivity contribution in [2.45, 2.75) is 10.1 Å². The summed E-state index contributed by atoms with van der Waals surface area (Å²) >= 11 is 1.41. The number of nitrogens with two attached hydrogens (primary N) is 1. The van der Waals surface area contributed by atoms with Crippen molar-refractivity contribution in [1.82, 2.24) is 9.97 Å². The number of nitrogens with zero attached hydrogens (tertiary/aromatic N) is 2. The quantitative estimate of drug-likeness (QED) is 0.753. The summed E-state index contributed by atoms with van der Waals surface area (Å²) in [6.45, 7) is 0. The Labute approximate surface area is 91.1 Å². The van der Waals surface area contributed by atoms with Crippen LogP contribution in [0, 0.1) is 11.3 Å². The lowest BCUT2D eigenvalue weighted by atomic mass is 10.2. The van der Waals surface area contributed by atoms with E-state index in [0.717, 1.165) is 10.1 Å². The Morgan fingerprint density at radius 1 is 1.47 bits per heavy atom. The molecule has 0 aliphatic heterocycles. The first kappa shape index (κ1) is 9.62. The van der Waals surface area contributed by atoms with E-state index in [4.69, 9.17) is 11.0 Å². The molecule has 0 bridgehead atoms. The second-order valence-electron chi connectivity index (χ2n) is 2.86. The molecule has 5 heteroatoms. The minimum absolute atomic E-state index is 0.566. The molecule has 0 radical (unpaired) electrons. The third kappa shape index (κ3) is 2.11. The maximum Gasteiger partial charge on any atom is 0.170 e. The van der Waals surface area contributed by atoms with Gasteiger partial charge in [-0.05, 0) is 18.2 Å². The fraction of sp³-hybridized carbons (Fsp3) is 0. The molecule has 74 valence electrons. The minimum Gasteiger partial charge on any atom is -0.399 e. The first-order valence-electron chi connectivity index (χ1n) is 4.26. The number of aromatic nitrogens is 2. The van der Waals surface area contributed by atoms with Crippen LogP contribution in [-0.4, -0.2) is 9.97 Å². The zero-order valence-electron chi connectivity index (χ0n) is 7.77. The van der Waals surface area contributed by atoms with Crippen molar-refractivity contribution in [2.24, 2.45) is 0 Å². The van der Waals surface area contributed by atoms with Crippen molar-refractivity contribution in [3.63, 3.8) is 0 Å². The molecule has 0 atom stereocenters. The van der Waals surface area contributed by atoms with Crippen LogP contribution < -0.4 is 5.73 Å². The Hall–Kier alpha value is -1.93. The third-order valence-corrected chi connectivity index (χ3v) is 2.80. The molecular weight excluding hydrogens is 208 g/mol.